The minimum Gasteiger partial charge on any atom is -0.444 e. The highest BCUT2D eigenvalue weighted by Gasteiger charge is 2.38. The maximum absolute atomic E-state index is 10.8. The third-order valence-electron chi connectivity index (χ3n) is 1.76. The molecular weight excluding hydrogens is 148 g/mol. The number of hydrogen-bond donors (Lipinski definition) is 4. The Morgan fingerprint density at radius 1 is 1.09 bits per heavy atom. The van der Waals surface area contributed by atoms with Crippen molar-refractivity contribution >= 4 is 5.97 Å². The zero-order chi connectivity index (χ0) is 8.59. The zero-order valence-corrected chi connectivity index (χ0v) is 5.94. The fourth-order valence-corrected chi connectivity index (χ4v) is 0.907. The van der Waals surface area contributed by atoms with E-state index in [0.717, 1.165) is 0 Å². The number of esters is 1. The molecule has 4 unspecified atom stereocenters. The second kappa shape index (κ2) is 2.74. The molecule has 4 atom stereocenters. The lowest BCUT2D eigenvalue weighted by atomic mass is 9.98. The summed E-state index contributed by atoms with van der Waals surface area (Å²) in [6.07, 6.45) is -0.836. The van der Waals surface area contributed by atoms with Gasteiger partial charge < -0.3 is 21.9 Å². The highest BCUT2D eigenvalue weighted by atomic mass is 16.6. The van der Waals surface area contributed by atoms with E-state index in [9.17, 15) is 4.79 Å². The van der Waals surface area contributed by atoms with E-state index in [1.54, 1.807) is 0 Å². The molecule has 1 rings (SSSR count). The van der Waals surface area contributed by atoms with Gasteiger partial charge in [-0.3, -0.25) is 10.5 Å². The van der Waals surface area contributed by atoms with Crippen LogP contribution >= 0.6 is 0 Å². The smallest absolute Gasteiger partial charge is 0.326 e. The normalized spacial score (nSPS) is 45.3. The molecule has 0 spiro atoms. The lowest BCUT2D eigenvalue weighted by molar-refractivity contribution is -0.157. The van der Waals surface area contributed by atoms with Gasteiger partial charge in [0.1, 0.15) is 6.04 Å². The summed E-state index contributed by atoms with van der Waals surface area (Å²) < 4.78 is 4.59. The third kappa shape index (κ3) is 1.33. The van der Waals surface area contributed by atoms with Crippen molar-refractivity contribution in [2.24, 2.45) is 22.9 Å². The maximum Gasteiger partial charge on any atom is 0.326 e. The van der Waals surface area contributed by atoms with E-state index in [4.69, 9.17) is 22.9 Å². The van der Waals surface area contributed by atoms with Crippen molar-refractivity contribution in [3.05, 3.63) is 0 Å². The molecule has 11 heavy (non-hydrogen) atoms. The molecule has 6 heteroatoms. The molecule has 1 aliphatic heterocycles. The van der Waals surface area contributed by atoms with Crippen LogP contribution in [0.4, 0.5) is 0 Å². The van der Waals surface area contributed by atoms with E-state index >= 15 is 0 Å². The van der Waals surface area contributed by atoms with E-state index < -0.39 is 30.3 Å². The average Bonchev–Trinajstić information content (AvgIpc) is 1.97. The van der Waals surface area contributed by atoms with Gasteiger partial charge in [0.2, 0.25) is 0 Å². The van der Waals surface area contributed by atoms with Crippen molar-refractivity contribution < 1.29 is 9.53 Å². The Morgan fingerprint density at radius 3 is 2.18 bits per heavy atom. The van der Waals surface area contributed by atoms with Gasteiger partial charge in [0.15, 0.2) is 6.23 Å². The molecule has 1 fully saturated rings. The molecule has 6 nitrogen and oxygen atoms in total. The van der Waals surface area contributed by atoms with Crippen LogP contribution in [0.25, 0.3) is 0 Å². The SMILES string of the molecule is NC1OC(=O)C(N)C(N)C1N. The van der Waals surface area contributed by atoms with Crippen LogP contribution in [0.3, 0.4) is 0 Å². The van der Waals surface area contributed by atoms with Gasteiger partial charge in [-0.25, -0.2) is 0 Å². The van der Waals surface area contributed by atoms with E-state index in [1.165, 1.54) is 0 Å². The Balaban J connectivity index is 2.70. The van der Waals surface area contributed by atoms with Crippen LogP contribution in [0.5, 0.6) is 0 Å². The van der Waals surface area contributed by atoms with Crippen molar-refractivity contribution in [1.29, 1.82) is 0 Å². The Labute approximate surface area is 63.8 Å². The monoisotopic (exact) mass is 160 g/mol. The second-order valence-electron chi connectivity index (χ2n) is 2.58. The molecule has 0 aliphatic carbocycles. The molecule has 1 heterocycles. The first kappa shape index (κ1) is 8.41. The highest BCUT2D eigenvalue weighted by Crippen LogP contribution is 2.07. The van der Waals surface area contributed by atoms with Gasteiger partial charge in [-0.15, -0.1) is 0 Å². The molecule has 0 saturated carbocycles. The Hall–Kier alpha value is -0.690. The van der Waals surface area contributed by atoms with Crippen LogP contribution in [0.15, 0.2) is 0 Å². The van der Waals surface area contributed by atoms with E-state index in [2.05, 4.69) is 4.74 Å². The first-order chi connectivity index (χ1) is 5.04. The van der Waals surface area contributed by atoms with E-state index in [-0.39, 0.29) is 0 Å². The quantitative estimate of drug-likeness (QED) is 0.276. The molecule has 8 N–H and O–H groups in total. The Bertz CT molecular complexity index is 174. The third-order valence-corrected chi connectivity index (χ3v) is 1.76. The lowest BCUT2D eigenvalue weighted by Crippen LogP contribution is -2.68. The topological polar surface area (TPSA) is 130 Å². The van der Waals surface area contributed by atoms with E-state index in [0.29, 0.717) is 0 Å². The molecule has 1 aliphatic rings. The predicted octanol–water partition coefficient (Wildman–Crippen LogP) is -3.19. The van der Waals surface area contributed by atoms with Crippen LogP contribution < -0.4 is 22.9 Å². The number of ether oxygens (including phenoxy) is 1. The molecule has 0 radical (unpaired) electrons. The van der Waals surface area contributed by atoms with Crippen LogP contribution in [0.2, 0.25) is 0 Å². The van der Waals surface area contributed by atoms with Gasteiger partial charge in [-0.05, 0) is 0 Å². The lowest BCUT2D eigenvalue weighted by Gasteiger charge is -2.34. The zero-order valence-electron chi connectivity index (χ0n) is 5.94. The van der Waals surface area contributed by atoms with Crippen molar-refractivity contribution in [3.8, 4) is 0 Å². The van der Waals surface area contributed by atoms with E-state index in [1.807, 2.05) is 0 Å². The highest BCUT2D eigenvalue weighted by molar-refractivity contribution is 5.77. The Morgan fingerprint density at radius 2 is 1.64 bits per heavy atom. The summed E-state index contributed by atoms with van der Waals surface area (Å²) in [6, 6.07) is -2.06. The van der Waals surface area contributed by atoms with Gasteiger partial charge in [-0.1, -0.05) is 0 Å². The summed E-state index contributed by atoms with van der Waals surface area (Å²) in [7, 11) is 0. The summed E-state index contributed by atoms with van der Waals surface area (Å²) in [5, 5.41) is 0. The number of rotatable bonds is 0. The number of carbonyl (C=O) groups is 1. The predicted molar refractivity (Wildman–Crippen MR) is 38.0 cm³/mol. The number of nitrogens with two attached hydrogens (primary N) is 4. The molecule has 0 aromatic rings. The van der Waals surface area contributed by atoms with Crippen LogP contribution in [0.1, 0.15) is 0 Å². The van der Waals surface area contributed by atoms with Crippen LogP contribution in [-0.2, 0) is 9.53 Å². The first-order valence-corrected chi connectivity index (χ1v) is 3.27. The minimum absolute atomic E-state index is 0.581. The van der Waals surface area contributed by atoms with Gasteiger partial charge in [-0.2, -0.15) is 0 Å². The minimum atomic E-state index is -0.857. The fraction of sp³-hybridized carbons (Fsp3) is 0.800. The largest absolute Gasteiger partial charge is 0.444 e. The summed E-state index contributed by atoms with van der Waals surface area (Å²) in [4.78, 5) is 10.8. The van der Waals surface area contributed by atoms with Gasteiger partial charge >= 0.3 is 5.97 Å². The van der Waals surface area contributed by atoms with Crippen molar-refractivity contribution in [3.63, 3.8) is 0 Å². The maximum atomic E-state index is 10.8. The average molecular weight is 160 g/mol. The number of carbonyl (C=O) groups excluding carboxylic acids is 1. The number of hydrogen-bond acceptors (Lipinski definition) is 6. The van der Waals surface area contributed by atoms with Crippen molar-refractivity contribution in [2.45, 2.75) is 24.4 Å². The summed E-state index contributed by atoms with van der Waals surface area (Å²) in [5.41, 5.74) is 21.6. The second-order valence-corrected chi connectivity index (χ2v) is 2.58. The molecule has 64 valence electrons. The summed E-state index contributed by atoms with van der Waals surface area (Å²) in [5.74, 6) is -0.591. The first-order valence-electron chi connectivity index (χ1n) is 3.27. The molecule has 0 aromatic carbocycles. The summed E-state index contributed by atoms with van der Waals surface area (Å²) >= 11 is 0. The fourth-order valence-electron chi connectivity index (χ4n) is 0.907. The molecule has 0 aromatic heterocycles. The van der Waals surface area contributed by atoms with Gasteiger partial charge in [0.05, 0.1) is 12.1 Å². The van der Waals surface area contributed by atoms with Crippen LogP contribution in [0, 0.1) is 0 Å². The van der Waals surface area contributed by atoms with Crippen molar-refractivity contribution in [1.82, 2.24) is 0 Å². The van der Waals surface area contributed by atoms with Gasteiger partial charge in [0.25, 0.3) is 0 Å². The van der Waals surface area contributed by atoms with Gasteiger partial charge in [0, 0.05) is 0 Å². The molecular formula is C5H12N4O2. The van der Waals surface area contributed by atoms with Crippen molar-refractivity contribution in [2.75, 3.05) is 0 Å². The van der Waals surface area contributed by atoms with Crippen LogP contribution in [-0.4, -0.2) is 30.3 Å². The summed E-state index contributed by atoms with van der Waals surface area (Å²) in [6.45, 7) is 0. The Kier molecular flexibility index (Phi) is 2.10. The molecule has 0 bridgehead atoms. The standard InChI is InChI=1S/C5H12N4O2/c6-1-2(7)4(9)11-5(10)3(1)8/h1-4H,6-9H2. The molecule has 0 amide bonds. The molecule has 1 saturated heterocycles. The number of cyclic esters (lactones) is 1.